The van der Waals surface area contributed by atoms with Gasteiger partial charge >= 0.3 is 0 Å². The van der Waals surface area contributed by atoms with Crippen molar-refractivity contribution in [1.82, 2.24) is 0 Å². The van der Waals surface area contributed by atoms with Crippen LogP contribution in [0.25, 0.3) is 0 Å². The Balaban J connectivity index is 2.55. The number of alkyl halides is 4. The molecule has 19 heteroatoms. The lowest BCUT2D eigenvalue weighted by Gasteiger charge is -2.49. The van der Waals surface area contributed by atoms with Gasteiger partial charge in [-0.2, -0.15) is 0 Å². The second-order valence-corrected chi connectivity index (χ2v) is 13.7. The van der Waals surface area contributed by atoms with Crippen molar-refractivity contribution in [1.29, 1.82) is 0 Å². The Kier molecular flexibility index (Phi) is 33.2. The normalized spacial score (nSPS) is 26.8. The van der Waals surface area contributed by atoms with Gasteiger partial charge in [0.1, 0.15) is 75.3 Å². The zero-order valence-electron chi connectivity index (χ0n) is 33.3. The van der Waals surface area contributed by atoms with Gasteiger partial charge in [-0.3, -0.25) is 0 Å². The molecule has 2 rings (SSSR count). The van der Waals surface area contributed by atoms with Crippen LogP contribution in [-0.4, -0.2) is 204 Å². The lowest BCUT2D eigenvalue weighted by atomic mass is 9.97. The summed E-state index contributed by atoms with van der Waals surface area (Å²) in [7, 11) is 0. The van der Waals surface area contributed by atoms with Crippen LogP contribution in [0.4, 0.5) is 0 Å². The van der Waals surface area contributed by atoms with Crippen molar-refractivity contribution < 1.29 is 71.1 Å². The summed E-state index contributed by atoms with van der Waals surface area (Å²) in [6.07, 6.45) is 13.0. The van der Waals surface area contributed by atoms with E-state index < -0.39 is 61.4 Å². The first-order valence-corrected chi connectivity index (χ1v) is 21.3. The van der Waals surface area contributed by atoms with E-state index in [4.69, 9.17) is 143 Å². The lowest BCUT2D eigenvalue weighted by molar-refractivity contribution is -0.389. The predicted molar refractivity (Wildman–Crippen MR) is 220 cm³/mol. The van der Waals surface area contributed by atoms with Gasteiger partial charge in [-0.25, -0.2) is 0 Å². The number of terminal acetylenes is 4. The van der Waals surface area contributed by atoms with Gasteiger partial charge in [0.05, 0.1) is 92.5 Å². The van der Waals surface area contributed by atoms with Crippen LogP contribution >= 0.6 is 46.4 Å². The molecule has 0 radical (unpaired) electrons. The summed E-state index contributed by atoms with van der Waals surface area (Å²) in [4.78, 5) is 0. The summed E-state index contributed by atoms with van der Waals surface area (Å²) in [6.45, 7) is 2.62. The summed E-state index contributed by atoms with van der Waals surface area (Å²) in [6, 6.07) is 0. The van der Waals surface area contributed by atoms with Crippen LogP contribution in [0.3, 0.4) is 0 Å². The van der Waals surface area contributed by atoms with E-state index in [1.165, 1.54) is 0 Å². The maximum Gasteiger partial charge on any atom is 0.190 e. The molecule has 0 N–H and O–H groups in total. The zero-order chi connectivity index (χ0) is 42.8. The van der Waals surface area contributed by atoms with Crippen molar-refractivity contribution in [2.45, 2.75) is 61.4 Å². The highest BCUT2D eigenvalue weighted by Crippen LogP contribution is 2.35. The van der Waals surface area contributed by atoms with Crippen LogP contribution in [0.15, 0.2) is 0 Å². The van der Waals surface area contributed by atoms with E-state index in [2.05, 4.69) is 23.7 Å². The Morgan fingerprint density at radius 2 is 0.661 bits per heavy atom. The second kappa shape index (κ2) is 36.3. The SMILES string of the molecule is C#CCO[C@@H]1[C@@H](OCC#C)[C@@H](O[C@H]2O[C@H](COCCOCCCl)[C@@H](OCCOCCCl)[C@H](OCC#C)[C@H]2OCC#C)O[C@H](COCCOCCCl)[C@H]1OCCOCCCl. The predicted octanol–water partition coefficient (Wildman–Crippen LogP) is 2.35. The van der Waals surface area contributed by atoms with Crippen LogP contribution in [-0.2, 0) is 71.1 Å². The van der Waals surface area contributed by atoms with Crippen molar-refractivity contribution in [2.24, 2.45) is 0 Å². The van der Waals surface area contributed by atoms with Crippen molar-refractivity contribution in [3.8, 4) is 49.4 Å². The fourth-order valence-corrected chi connectivity index (χ4v) is 6.27. The molecule has 2 saturated heterocycles. The quantitative estimate of drug-likeness (QED) is 0.0517. The molecule has 2 fully saturated rings. The van der Waals surface area contributed by atoms with E-state index in [-0.39, 0.29) is 92.5 Å². The summed E-state index contributed by atoms with van der Waals surface area (Å²) in [5.41, 5.74) is 0. The molecule has 2 aliphatic heterocycles. The summed E-state index contributed by atoms with van der Waals surface area (Å²) in [5.74, 6) is 11.3. The fourth-order valence-electron chi connectivity index (χ4n) is 5.84. The van der Waals surface area contributed by atoms with Crippen LogP contribution in [0.1, 0.15) is 0 Å². The highest BCUT2D eigenvalue weighted by molar-refractivity contribution is 6.18. The Labute approximate surface area is 369 Å². The first-order valence-electron chi connectivity index (χ1n) is 19.1. The minimum Gasteiger partial charge on any atom is -0.378 e. The van der Waals surface area contributed by atoms with Gasteiger partial charge in [-0.1, -0.05) is 23.7 Å². The van der Waals surface area contributed by atoms with Gasteiger partial charge in [-0.15, -0.1) is 72.1 Å². The monoisotopic (exact) mass is 918 g/mol. The molecule has 59 heavy (non-hydrogen) atoms. The third kappa shape index (κ3) is 21.6. The Hall–Kier alpha value is -1.20. The van der Waals surface area contributed by atoms with Crippen molar-refractivity contribution in [2.75, 3.05) is 142 Å². The van der Waals surface area contributed by atoms with E-state index in [1.54, 1.807) is 0 Å². The first-order chi connectivity index (χ1) is 29.0. The molecular weight excluding hydrogens is 862 g/mol. The number of halogens is 4. The summed E-state index contributed by atoms with van der Waals surface area (Å²) >= 11 is 23.1. The number of hydrogen-bond donors (Lipinski definition) is 0. The number of hydrogen-bond acceptors (Lipinski definition) is 15. The molecule has 0 unspecified atom stereocenters. The summed E-state index contributed by atoms with van der Waals surface area (Å²) < 4.78 is 91.3. The molecule has 10 atom stereocenters. The molecule has 0 spiro atoms. The molecule has 0 aliphatic carbocycles. The maximum absolute atomic E-state index is 6.69. The van der Waals surface area contributed by atoms with Crippen molar-refractivity contribution in [3.63, 3.8) is 0 Å². The third-order valence-electron chi connectivity index (χ3n) is 8.16. The molecule has 0 saturated carbocycles. The first kappa shape index (κ1) is 53.9. The average Bonchev–Trinajstić information content (AvgIpc) is 3.24. The number of rotatable bonds is 36. The van der Waals surface area contributed by atoms with Gasteiger partial charge in [0.2, 0.25) is 0 Å². The minimum absolute atomic E-state index is 0.00941. The Morgan fingerprint density at radius 1 is 0.356 bits per heavy atom. The average molecular weight is 921 g/mol. The molecule has 336 valence electrons. The van der Waals surface area contributed by atoms with Gasteiger partial charge in [0, 0.05) is 23.5 Å². The van der Waals surface area contributed by atoms with Crippen molar-refractivity contribution >= 4 is 46.4 Å². The highest BCUT2D eigenvalue weighted by Gasteiger charge is 2.54. The molecule has 0 amide bonds. The van der Waals surface area contributed by atoms with Gasteiger partial charge < -0.3 is 71.1 Å². The van der Waals surface area contributed by atoms with Crippen molar-refractivity contribution in [3.05, 3.63) is 0 Å². The van der Waals surface area contributed by atoms with Gasteiger partial charge in [-0.05, 0) is 0 Å². The molecule has 0 bridgehead atoms. The molecule has 0 aromatic rings. The second-order valence-electron chi connectivity index (χ2n) is 12.2. The standard InChI is InChI=1S/C40H58Cl4O15/c1-5-13-51-35-33(55-27-25-47-19-11-43)31(29-49-23-21-45-17-9-41)57-39(37(35)53-15-7-3)59-40-38(54-16-8-4)36(52-14-6-2)34(56-28-26-48-20-12-44)32(58-40)30-50-24-22-46-18-10-42/h1-4,31-40H,9-30H2/t31-,32-,33-,34-,35+,36+,37-,38-,39-,40-/m1/s1. The minimum atomic E-state index is -1.26. The molecule has 2 heterocycles. The molecule has 0 aromatic heterocycles. The van der Waals surface area contributed by atoms with E-state index in [0.29, 0.717) is 49.9 Å². The van der Waals surface area contributed by atoms with E-state index in [0.717, 1.165) is 0 Å². The van der Waals surface area contributed by atoms with Gasteiger partial charge in [0.15, 0.2) is 12.6 Å². The maximum atomic E-state index is 6.69. The van der Waals surface area contributed by atoms with Crippen LogP contribution in [0, 0.1) is 49.4 Å². The third-order valence-corrected chi connectivity index (χ3v) is 8.77. The summed E-state index contributed by atoms with van der Waals surface area (Å²) in [5, 5.41) is 0. The van der Waals surface area contributed by atoms with E-state index >= 15 is 0 Å². The Morgan fingerprint density at radius 3 is 0.983 bits per heavy atom. The fraction of sp³-hybridized carbons (Fsp3) is 0.800. The van der Waals surface area contributed by atoms with Crippen LogP contribution < -0.4 is 0 Å². The Bertz CT molecular complexity index is 1120. The highest BCUT2D eigenvalue weighted by atomic mass is 35.5. The molecule has 15 nitrogen and oxygen atoms in total. The van der Waals surface area contributed by atoms with Crippen LogP contribution in [0.5, 0.6) is 0 Å². The molecular formula is C40H58Cl4O15. The largest absolute Gasteiger partial charge is 0.378 e. The lowest BCUT2D eigenvalue weighted by Crippen LogP contribution is -2.66. The van der Waals surface area contributed by atoms with Gasteiger partial charge in [0.25, 0.3) is 0 Å². The van der Waals surface area contributed by atoms with Crippen LogP contribution in [0.2, 0.25) is 0 Å². The number of ether oxygens (including phenoxy) is 15. The smallest absolute Gasteiger partial charge is 0.190 e. The van der Waals surface area contributed by atoms with E-state index in [9.17, 15) is 0 Å². The van der Waals surface area contributed by atoms with E-state index in [1.807, 2.05) is 0 Å². The molecule has 0 aromatic carbocycles. The molecule has 2 aliphatic rings. The zero-order valence-corrected chi connectivity index (χ0v) is 36.3. The topological polar surface area (TPSA) is 138 Å².